The molecular weight excluding hydrogens is 363 g/mol. The Morgan fingerprint density at radius 2 is 1.78 bits per heavy atom. The van der Waals surface area contributed by atoms with E-state index in [1.807, 2.05) is 6.07 Å². The fourth-order valence-corrected chi connectivity index (χ4v) is 2.81. The Morgan fingerprint density at radius 3 is 2.39 bits per heavy atom. The van der Waals surface area contributed by atoms with Crippen LogP contribution in [0.3, 0.4) is 0 Å². The molecule has 0 aliphatic heterocycles. The first-order chi connectivity index (χ1) is 8.56. The second-order valence-electron chi connectivity index (χ2n) is 3.54. The predicted molar refractivity (Wildman–Crippen MR) is 78.3 cm³/mol. The predicted octanol–water partition coefficient (Wildman–Crippen LogP) is 3.85. The van der Waals surface area contributed by atoms with E-state index in [0.717, 1.165) is 8.47 Å². The third kappa shape index (κ3) is 3.17. The molecule has 0 spiro atoms. The monoisotopic (exact) mass is 372 g/mol. The highest BCUT2D eigenvalue weighted by atomic mass is 127. The van der Waals surface area contributed by atoms with Crippen molar-refractivity contribution in [2.24, 2.45) is 0 Å². The molecule has 0 aliphatic carbocycles. The Labute approximate surface area is 122 Å². The molecule has 0 aromatic heterocycles. The summed E-state index contributed by atoms with van der Waals surface area (Å²) in [6.45, 7) is 0. The lowest BCUT2D eigenvalue weighted by Gasteiger charge is -2.06. The quantitative estimate of drug-likeness (QED) is 0.804. The van der Waals surface area contributed by atoms with Crippen LogP contribution >= 0.6 is 34.4 Å². The van der Waals surface area contributed by atoms with Crippen molar-refractivity contribution in [3.63, 3.8) is 0 Å². The number of phenols is 1. The summed E-state index contributed by atoms with van der Waals surface area (Å²) in [6.07, 6.45) is 0. The smallest absolute Gasteiger partial charge is 0.336 e. The van der Waals surface area contributed by atoms with Crippen LogP contribution in [0.4, 0.5) is 0 Å². The van der Waals surface area contributed by atoms with E-state index >= 15 is 0 Å². The van der Waals surface area contributed by atoms with Gasteiger partial charge in [0, 0.05) is 13.4 Å². The van der Waals surface area contributed by atoms with E-state index in [1.54, 1.807) is 36.4 Å². The van der Waals surface area contributed by atoms with Gasteiger partial charge in [-0.25, -0.2) is 4.79 Å². The normalized spacial score (nSPS) is 10.3. The highest BCUT2D eigenvalue weighted by molar-refractivity contribution is 14.1. The summed E-state index contributed by atoms with van der Waals surface area (Å²) in [7, 11) is 0. The number of carboxylic acid groups (broad SMARTS) is 1. The van der Waals surface area contributed by atoms with Crippen LogP contribution in [0.5, 0.6) is 5.75 Å². The van der Waals surface area contributed by atoms with E-state index in [-0.39, 0.29) is 5.75 Å². The van der Waals surface area contributed by atoms with Crippen molar-refractivity contribution in [1.29, 1.82) is 0 Å². The van der Waals surface area contributed by atoms with Crippen molar-refractivity contribution in [2.45, 2.75) is 9.79 Å². The number of phenolic OH excluding ortho intramolecular Hbond substituents is 1. The maximum Gasteiger partial charge on any atom is 0.336 e. The minimum atomic E-state index is -0.935. The second kappa shape index (κ2) is 5.62. The Balaban J connectivity index is 2.34. The van der Waals surface area contributed by atoms with Gasteiger partial charge in [-0.2, -0.15) is 0 Å². The van der Waals surface area contributed by atoms with Crippen molar-refractivity contribution in [1.82, 2.24) is 0 Å². The molecule has 0 unspecified atom stereocenters. The van der Waals surface area contributed by atoms with Crippen LogP contribution < -0.4 is 0 Å². The van der Waals surface area contributed by atoms with E-state index in [9.17, 15) is 9.90 Å². The SMILES string of the molecule is O=C(O)c1cc(I)ccc1Sc1ccc(O)cc1. The van der Waals surface area contributed by atoms with Crippen LogP contribution in [0, 0.1) is 3.57 Å². The fraction of sp³-hybridized carbons (Fsp3) is 0. The van der Waals surface area contributed by atoms with Gasteiger partial charge in [-0.1, -0.05) is 11.8 Å². The highest BCUT2D eigenvalue weighted by Crippen LogP contribution is 2.32. The molecule has 92 valence electrons. The van der Waals surface area contributed by atoms with Gasteiger partial charge in [-0.05, 0) is 65.1 Å². The Bertz CT molecular complexity index is 581. The molecular formula is C13H9IO3S. The fourth-order valence-electron chi connectivity index (χ4n) is 1.40. The number of aromatic hydroxyl groups is 1. The average Bonchev–Trinajstić information content (AvgIpc) is 2.34. The van der Waals surface area contributed by atoms with Crippen molar-refractivity contribution in [3.05, 3.63) is 51.6 Å². The Hall–Kier alpha value is -1.21. The summed E-state index contributed by atoms with van der Waals surface area (Å²) in [5.74, 6) is -0.741. The number of rotatable bonds is 3. The van der Waals surface area contributed by atoms with Crippen LogP contribution in [-0.4, -0.2) is 16.2 Å². The maximum atomic E-state index is 11.2. The van der Waals surface area contributed by atoms with E-state index in [1.165, 1.54) is 11.8 Å². The molecule has 0 heterocycles. The van der Waals surface area contributed by atoms with Gasteiger partial charge in [0.1, 0.15) is 5.75 Å². The van der Waals surface area contributed by atoms with Crippen molar-refractivity contribution >= 4 is 40.3 Å². The van der Waals surface area contributed by atoms with Gasteiger partial charge in [0.25, 0.3) is 0 Å². The highest BCUT2D eigenvalue weighted by Gasteiger charge is 2.11. The molecule has 2 N–H and O–H groups in total. The number of hydrogen-bond acceptors (Lipinski definition) is 3. The first-order valence-corrected chi connectivity index (χ1v) is 6.95. The molecule has 18 heavy (non-hydrogen) atoms. The number of carboxylic acids is 1. The van der Waals surface area contributed by atoms with Gasteiger partial charge in [0.05, 0.1) is 5.56 Å². The van der Waals surface area contributed by atoms with Crippen LogP contribution in [0.1, 0.15) is 10.4 Å². The molecule has 2 rings (SSSR count). The molecule has 0 amide bonds. The maximum absolute atomic E-state index is 11.2. The van der Waals surface area contributed by atoms with Gasteiger partial charge in [-0.15, -0.1) is 0 Å². The van der Waals surface area contributed by atoms with Crippen molar-refractivity contribution in [3.8, 4) is 5.75 Å². The van der Waals surface area contributed by atoms with Gasteiger partial charge >= 0.3 is 5.97 Å². The van der Waals surface area contributed by atoms with Crippen LogP contribution in [0.2, 0.25) is 0 Å². The molecule has 0 atom stereocenters. The van der Waals surface area contributed by atoms with Gasteiger partial charge in [0.15, 0.2) is 0 Å². The molecule has 0 aliphatic rings. The first kappa shape index (κ1) is 13.2. The minimum Gasteiger partial charge on any atom is -0.508 e. The van der Waals surface area contributed by atoms with Gasteiger partial charge in [-0.3, -0.25) is 0 Å². The summed E-state index contributed by atoms with van der Waals surface area (Å²) < 4.78 is 0.889. The van der Waals surface area contributed by atoms with Crippen LogP contribution in [0.15, 0.2) is 52.3 Å². The average molecular weight is 372 g/mol. The largest absolute Gasteiger partial charge is 0.508 e. The number of hydrogen-bond donors (Lipinski definition) is 2. The zero-order valence-electron chi connectivity index (χ0n) is 9.13. The number of carbonyl (C=O) groups is 1. The summed E-state index contributed by atoms with van der Waals surface area (Å²) in [5.41, 5.74) is 0.292. The standard InChI is InChI=1S/C13H9IO3S/c14-8-1-6-12(11(7-8)13(16)17)18-10-4-2-9(15)3-5-10/h1-7,15H,(H,16,17). The summed E-state index contributed by atoms with van der Waals surface area (Å²) in [5, 5.41) is 18.4. The molecule has 0 saturated heterocycles. The lowest BCUT2D eigenvalue weighted by molar-refractivity contribution is 0.0693. The van der Waals surface area contributed by atoms with E-state index in [4.69, 9.17) is 5.11 Å². The molecule has 5 heteroatoms. The topological polar surface area (TPSA) is 57.5 Å². The summed E-state index contributed by atoms with van der Waals surface area (Å²) in [4.78, 5) is 12.7. The third-order valence-electron chi connectivity index (χ3n) is 2.24. The molecule has 0 fully saturated rings. The van der Waals surface area contributed by atoms with E-state index < -0.39 is 5.97 Å². The minimum absolute atomic E-state index is 0.195. The van der Waals surface area contributed by atoms with Gasteiger partial charge < -0.3 is 10.2 Å². The second-order valence-corrected chi connectivity index (χ2v) is 5.90. The molecule has 3 nitrogen and oxygen atoms in total. The zero-order valence-corrected chi connectivity index (χ0v) is 12.1. The third-order valence-corrected chi connectivity index (χ3v) is 3.99. The molecule has 0 bridgehead atoms. The lowest BCUT2D eigenvalue weighted by Crippen LogP contribution is -1.99. The first-order valence-electron chi connectivity index (χ1n) is 5.06. The summed E-state index contributed by atoms with van der Waals surface area (Å²) >= 11 is 3.45. The number of aromatic carboxylic acids is 1. The summed E-state index contributed by atoms with van der Waals surface area (Å²) in [6, 6.07) is 12.0. The molecule has 2 aromatic rings. The van der Waals surface area contributed by atoms with E-state index in [2.05, 4.69) is 22.6 Å². The number of benzene rings is 2. The molecule has 0 saturated carbocycles. The molecule has 0 radical (unpaired) electrons. The lowest BCUT2D eigenvalue weighted by atomic mass is 10.2. The zero-order chi connectivity index (χ0) is 13.1. The molecule has 2 aromatic carbocycles. The van der Waals surface area contributed by atoms with E-state index in [0.29, 0.717) is 10.5 Å². The van der Waals surface area contributed by atoms with Gasteiger partial charge in [0.2, 0.25) is 0 Å². The van der Waals surface area contributed by atoms with Crippen molar-refractivity contribution in [2.75, 3.05) is 0 Å². The van der Waals surface area contributed by atoms with Crippen LogP contribution in [-0.2, 0) is 0 Å². The Morgan fingerprint density at radius 1 is 1.11 bits per heavy atom. The Kier molecular flexibility index (Phi) is 4.13. The number of halogens is 1. The van der Waals surface area contributed by atoms with Crippen LogP contribution in [0.25, 0.3) is 0 Å². The van der Waals surface area contributed by atoms with Crippen molar-refractivity contribution < 1.29 is 15.0 Å².